The van der Waals surface area contributed by atoms with E-state index < -0.39 is 20.0 Å². The van der Waals surface area contributed by atoms with Crippen molar-refractivity contribution >= 4 is 19.7 Å². The van der Waals surface area contributed by atoms with E-state index in [2.05, 4.69) is 50.4 Å². The molecule has 0 fully saturated rings. The Labute approximate surface area is 491 Å². The quantitative estimate of drug-likeness (QED) is 0.0205. The predicted octanol–water partition coefficient (Wildman–Crippen LogP) is 21.5. The summed E-state index contributed by atoms with van der Waals surface area (Å²) in [7, 11) is 1.51. The average molecular weight is 1130 g/mol. The van der Waals surface area contributed by atoms with Crippen molar-refractivity contribution in [1.29, 1.82) is 0 Å². The lowest BCUT2D eigenvalue weighted by atomic mass is 10.0. The van der Waals surface area contributed by atoms with Gasteiger partial charge >= 0.3 is 13.8 Å². The van der Waals surface area contributed by atoms with Gasteiger partial charge in [0.1, 0.15) is 19.3 Å². The fourth-order valence-electron chi connectivity index (χ4n) is 10.3. The fraction of sp³-hybridized carbons (Fsp3) is 0.884. The van der Waals surface area contributed by atoms with Crippen molar-refractivity contribution in [3.05, 3.63) is 36.5 Å². The maximum absolute atomic E-state index is 13.6. The zero-order valence-electron chi connectivity index (χ0n) is 53.4. The van der Waals surface area contributed by atoms with E-state index in [0.717, 1.165) is 83.5 Å². The number of amides is 1. The summed E-state index contributed by atoms with van der Waals surface area (Å²) in [5, 5.41) is 3.07. The summed E-state index contributed by atoms with van der Waals surface area (Å²) in [5.74, 6) is -0.499. The first-order valence-electron chi connectivity index (χ1n) is 34.3. The Morgan fingerprint density at radius 1 is 0.456 bits per heavy atom. The number of phosphoric ester groups is 1. The molecule has 9 nitrogen and oxygen atoms in total. The van der Waals surface area contributed by atoms with E-state index in [1.165, 1.54) is 225 Å². The molecule has 10 heteroatoms. The Morgan fingerprint density at radius 3 is 1.20 bits per heavy atom. The van der Waals surface area contributed by atoms with Crippen molar-refractivity contribution in [2.45, 2.75) is 354 Å². The highest BCUT2D eigenvalue weighted by Crippen LogP contribution is 2.43. The molecule has 2 N–H and O–H groups in total. The van der Waals surface area contributed by atoms with Crippen LogP contribution in [-0.4, -0.2) is 74.3 Å². The number of ether oxygens (including phenoxy) is 1. The van der Waals surface area contributed by atoms with Crippen LogP contribution in [0.2, 0.25) is 0 Å². The Balaban J connectivity index is 4.95. The van der Waals surface area contributed by atoms with E-state index in [9.17, 15) is 19.0 Å². The number of carbonyl (C=O) groups excluding carboxylic acids is 2. The van der Waals surface area contributed by atoms with Crippen LogP contribution in [0.1, 0.15) is 342 Å². The predicted molar refractivity (Wildman–Crippen MR) is 342 cm³/mol. The second-order valence-electron chi connectivity index (χ2n) is 24.7. The summed E-state index contributed by atoms with van der Waals surface area (Å²) < 4.78 is 30.7. The van der Waals surface area contributed by atoms with Crippen LogP contribution in [0, 0.1) is 0 Å². The number of carbonyl (C=O) groups is 2. The van der Waals surface area contributed by atoms with E-state index in [1.807, 2.05) is 33.3 Å². The number of nitrogens with one attached hydrogen (secondary N) is 1. The first kappa shape index (κ1) is 77.2. The number of phosphoric acid groups is 1. The highest BCUT2D eigenvalue weighted by atomic mass is 31.2. The monoisotopic (exact) mass is 1130 g/mol. The number of quaternary nitrogens is 1. The molecule has 0 spiro atoms. The third kappa shape index (κ3) is 60.6. The normalized spacial score (nSPS) is 13.8. The van der Waals surface area contributed by atoms with E-state index in [0.29, 0.717) is 17.4 Å². The number of allylic oxidation sites excluding steroid dienone is 5. The number of esters is 1. The molecular weight excluding hydrogens is 1000 g/mol. The molecule has 0 bridgehead atoms. The maximum atomic E-state index is 13.6. The van der Waals surface area contributed by atoms with Crippen molar-refractivity contribution in [1.82, 2.24) is 5.32 Å². The summed E-state index contributed by atoms with van der Waals surface area (Å²) in [5.41, 5.74) is 0. The molecule has 466 valence electrons. The van der Waals surface area contributed by atoms with E-state index >= 15 is 0 Å². The van der Waals surface area contributed by atoms with Crippen molar-refractivity contribution in [2.75, 3.05) is 40.9 Å². The second-order valence-corrected chi connectivity index (χ2v) is 26.1. The SMILES string of the molecule is CC/C=C/C/C=C/CCCCCCCCCC(=O)OC(/C=C\CCCCCCCCCCCC)C(COP(=O)(O)OCC[N+](C)(C)C)NC(=O)CCCCCCCCCCCCCCCCCCCCCCCCCCCCC. The first-order valence-corrected chi connectivity index (χ1v) is 35.8. The number of rotatable bonds is 63. The van der Waals surface area contributed by atoms with Crippen LogP contribution < -0.4 is 5.32 Å². The lowest BCUT2D eigenvalue weighted by Crippen LogP contribution is -2.47. The van der Waals surface area contributed by atoms with Gasteiger partial charge in [-0.15, -0.1) is 0 Å². The zero-order valence-corrected chi connectivity index (χ0v) is 54.3. The Hall–Kier alpha value is -1.77. The highest BCUT2D eigenvalue weighted by molar-refractivity contribution is 7.47. The van der Waals surface area contributed by atoms with Gasteiger partial charge in [0.15, 0.2) is 0 Å². The minimum Gasteiger partial charge on any atom is -0.456 e. The van der Waals surface area contributed by atoms with Crippen LogP contribution in [0.3, 0.4) is 0 Å². The molecule has 0 aromatic carbocycles. The minimum absolute atomic E-state index is 0.0413. The Morgan fingerprint density at radius 2 is 0.810 bits per heavy atom. The van der Waals surface area contributed by atoms with Crippen molar-refractivity contribution in [2.24, 2.45) is 0 Å². The maximum Gasteiger partial charge on any atom is 0.472 e. The summed E-state index contributed by atoms with van der Waals surface area (Å²) in [6.07, 6.45) is 73.1. The van der Waals surface area contributed by atoms with Crippen LogP contribution in [0.25, 0.3) is 0 Å². The molecular formula is C69H134N2O7P+. The lowest BCUT2D eigenvalue weighted by molar-refractivity contribution is -0.870. The van der Waals surface area contributed by atoms with Crippen LogP contribution in [0.5, 0.6) is 0 Å². The molecule has 0 aromatic rings. The largest absolute Gasteiger partial charge is 0.472 e. The molecule has 0 radical (unpaired) electrons. The van der Waals surface area contributed by atoms with Gasteiger partial charge in [0.25, 0.3) is 0 Å². The summed E-state index contributed by atoms with van der Waals surface area (Å²) >= 11 is 0. The van der Waals surface area contributed by atoms with Crippen LogP contribution in [0.15, 0.2) is 36.5 Å². The number of hydrogen-bond donors (Lipinski definition) is 2. The lowest BCUT2D eigenvalue weighted by Gasteiger charge is -2.27. The van der Waals surface area contributed by atoms with Crippen LogP contribution >= 0.6 is 7.82 Å². The van der Waals surface area contributed by atoms with Crippen LogP contribution in [0.4, 0.5) is 0 Å². The number of likely N-dealkylation sites (N-methyl/N-ethyl adjacent to an activating group) is 1. The number of unbranched alkanes of at least 4 members (excludes halogenated alkanes) is 43. The van der Waals surface area contributed by atoms with Gasteiger partial charge in [-0.2, -0.15) is 0 Å². The van der Waals surface area contributed by atoms with Gasteiger partial charge in [0.05, 0.1) is 33.8 Å². The van der Waals surface area contributed by atoms with E-state index in [-0.39, 0.29) is 31.5 Å². The smallest absolute Gasteiger partial charge is 0.456 e. The Kier molecular flexibility index (Phi) is 58.1. The molecule has 0 saturated carbocycles. The topological polar surface area (TPSA) is 111 Å². The Bertz CT molecular complexity index is 1450. The molecule has 1 amide bonds. The summed E-state index contributed by atoms with van der Waals surface area (Å²) in [6.45, 7) is 6.95. The van der Waals surface area contributed by atoms with Crippen molar-refractivity contribution in [3.8, 4) is 0 Å². The number of hydrogen-bond acceptors (Lipinski definition) is 6. The molecule has 0 saturated heterocycles. The standard InChI is InChI=1S/C69H133N2O7P/c1-7-10-13-16-19-22-25-28-30-31-32-33-34-35-36-37-38-39-40-41-42-43-46-49-52-55-58-61-68(72)70-66(65-77-79(74,75)76-64-63-71(4,5)6)67(60-57-54-51-48-45-27-24-21-18-15-12-9-3)78-69(73)62-59-56-53-50-47-44-29-26-23-20-17-14-11-8-2/h11,14,20,23,57,60,66-67H,7-10,12-13,15-19,21-22,24-56,58-59,61-65H2,1-6H3,(H-,70,72,74,75)/p+1/b14-11+,23-20+,60-57-. The highest BCUT2D eigenvalue weighted by Gasteiger charge is 2.30. The summed E-state index contributed by atoms with van der Waals surface area (Å²) in [6, 6.07) is -0.848. The van der Waals surface area contributed by atoms with Gasteiger partial charge in [0, 0.05) is 12.8 Å². The second kappa shape index (κ2) is 59.4. The van der Waals surface area contributed by atoms with Gasteiger partial charge in [0.2, 0.25) is 5.91 Å². The van der Waals surface area contributed by atoms with Gasteiger partial charge in [-0.25, -0.2) is 4.57 Å². The fourth-order valence-corrected chi connectivity index (χ4v) is 11.1. The van der Waals surface area contributed by atoms with Crippen LogP contribution in [-0.2, 0) is 27.9 Å². The molecule has 0 aliphatic carbocycles. The third-order valence-corrected chi connectivity index (χ3v) is 16.6. The zero-order chi connectivity index (χ0) is 57.9. The van der Waals surface area contributed by atoms with E-state index in [1.54, 1.807) is 0 Å². The molecule has 3 atom stereocenters. The molecule has 0 heterocycles. The molecule has 0 aliphatic heterocycles. The van der Waals surface area contributed by atoms with Gasteiger partial charge < -0.3 is 19.4 Å². The van der Waals surface area contributed by atoms with Gasteiger partial charge in [-0.3, -0.25) is 18.6 Å². The van der Waals surface area contributed by atoms with Gasteiger partial charge in [-0.1, -0.05) is 308 Å². The summed E-state index contributed by atoms with van der Waals surface area (Å²) in [4.78, 5) is 37.8. The first-order chi connectivity index (χ1) is 38.4. The number of nitrogens with zero attached hydrogens (tertiary/aromatic N) is 1. The molecule has 0 aliphatic rings. The van der Waals surface area contributed by atoms with Crippen molar-refractivity contribution < 1.29 is 37.3 Å². The molecule has 3 unspecified atom stereocenters. The minimum atomic E-state index is -4.45. The molecule has 0 rings (SSSR count). The third-order valence-electron chi connectivity index (χ3n) is 15.6. The van der Waals surface area contributed by atoms with Crippen molar-refractivity contribution in [3.63, 3.8) is 0 Å². The van der Waals surface area contributed by atoms with E-state index in [4.69, 9.17) is 13.8 Å². The molecule has 0 aromatic heterocycles. The molecule has 79 heavy (non-hydrogen) atoms. The van der Waals surface area contributed by atoms with Gasteiger partial charge in [-0.05, 0) is 57.4 Å². The average Bonchev–Trinajstić information content (AvgIpc) is 3.41.